The third-order valence-corrected chi connectivity index (χ3v) is 3.51. The first-order valence-electron chi connectivity index (χ1n) is 4.19. The van der Waals surface area contributed by atoms with Gasteiger partial charge < -0.3 is 4.74 Å². The van der Waals surface area contributed by atoms with Gasteiger partial charge in [-0.05, 0) is 40.8 Å². The van der Waals surface area contributed by atoms with Gasteiger partial charge in [0.15, 0.2) is 5.15 Å². The number of ether oxygens (including phenoxy) is 1. The molecule has 3 nitrogen and oxygen atoms in total. The standard InChI is InChI=1S/C10H4ClIN2OS/c11-9-8(5-13)10(16-14-9)15-7-3-1-2-6(12)4-7/h1-4H. The van der Waals surface area contributed by atoms with E-state index in [4.69, 9.17) is 21.6 Å². The topological polar surface area (TPSA) is 45.9 Å². The quantitative estimate of drug-likeness (QED) is 0.757. The number of hydrogen-bond donors (Lipinski definition) is 0. The maximum absolute atomic E-state index is 8.87. The van der Waals surface area contributed by atoms with Crippen LogP contribution < -0.4 is 4.74 Å². The van der Waals surface area contributed by atoms with Crippen molar-refractivity contribution in [3.05, 3.63) is 38.6 Å². The van der Waals surface area contributed by atoms with E-state index in [9.17, 15) is 0 Å². The Hall–Kier alpha value is -0.840. The van der Waals surface area contributed by atoms with Gasteiger partial charge in [0.25, 0.3) is 0 Å². The van der Waals surface area contributed by atoms with E-state index in [1.807, 2.05) is 30.3 Å². The first-order valence-corrected chi connectivity index (χ1v) is 6.42. The maximum atomic E-state index is 8.87. The van der Waals surface area contributed by atoms with Crippen molar-refractivity contribution in [1.29, 1.82) is 5.26 Å². The summed E-state index contributed by atoms with van der Waals surface area (Å²) in [4.78, 5) is 0. The third-order valence-electron chi connectivity index (χ3n) is 1.74. The second-order valence-electron chi connectivity index (χ2n) is 2.81. The summed E-state index contributed by atoms with van der Waals surface area (Å²) in [5.41, 5.74) is 0.283. The minimum absolute atomic E-state index is 0.188. The zero-order chi connectivity index (χ0) is 11.5. The molecule has 0 unspecified atom stereocenters. The van der Waals surface area contributed by atoms with Crippen LogP contribution in [0.5, 0.6) is 10.8 Å². The molecule has 0 aliphatic carbocycles. The smallest absolute Gasteiger partial charge is 0.219 e. The number of hydrogen-bond acceptors (Lipinski definition) is 4. The van der Waals surface area contributed by atoms with Crippen molar-refractivity contribution in [3.8, 4) is 16.9 Å². The monoisotopic (exact) mass is 362 g/mol. The van der Waals surface area contributed by atoms with E-state index in [-0.39, 0.29) is 10.7 Å². The lowest BCUT2D eigenvalue weighted by molar-refractivity contribution is 0.495. The Morgan fingerprint density at radius 3 is 3.00 bits per heavy atom. The lowest BCUT2D eigenvalue weighted by atomic mass is 10.3. The molecule has 0 fully saturated rings. The first-order chi connectivity index (χ1) is 7.70. The fourth-order valence-electron chi connectivity index (χ4n) is 1.06. The highest BCUT2D eigenvalue weighted by molar-refractivity contribution is 14.1. The number of rotatable bonds is 2. The number of nitrogens with zero attached hydrogens (tertiary/aromatic N) is 2. The molecular weight excluding hydrogens is 359 g/mol. The average Bonchev–Trinajstić information content (AvgIpc) is 2.59. The molecule has 1 heterocycles. The second kappa shape index (κ2) is 4.99. The third kappa shape index (κ3) is 2.45. The molecule has 16 heavy (non-hydrogen) atoms. The lowest BCUT2D eigenvalue weighted by Crippen LogP contribution is -1.84. The van der Waals surface area contributed by atoms with E-state index in [1.54, 1.807) is 0 Å². The molecule has 2 aromatic rings. The van der Waals surface area contributed by atoms with Crippen molar-refractivity contribution >= 4 is 45.7 Å². The number of halogens is 2. The highest BCUT2D eigenvalue weighted by Crippen LogP contribution is 2.33. The molecule has 2 rings (SSSR count). The van der Waals surface area contributed by atoms with Gasteiger partial charge in [-0.1, -0.05) is 17.7 Å². The summed E-state index contributed by atoms with van der Waals surface area (Å²) in [5, 5.41) is 9.49. The Bertz CT molecular complexity index is 564. The number of nitriles is 1. The molecular formula is C10H4ClIN2OS. The Morgan fingerprint density at radius 1 is 1.50 bits per heavy atom. The molecule has 0 radical (unpaired) electrons. The summed E-state index contributed by atoms with van der Waals surface area (Å²) < 4.78 is 10.5. The van der Waals surface area contributed by atoms with Crippen LogP contribution >= 0.6 is 45.7 Å². The van der Waals surface area contributed by atoms with Gasteiger partial charge in [-0.2, -0.15) is 9.64 Å². The van der Waals surface area contributed by atoms with Crippen molar-refractivity contribution < 1.29 is 4.74 Å². The molecule has 6 heteroatoms. The Balaban J connectivity index is 2.31. The van der Waals surface area contributed by atoms with Crippen LogP contribution in [0.25, 0.3) is 0 Å². The van der Waals surface area contributed by atoms with Crippen LogP contribution in [0.4, 0.5) is 0 Å². The van der Waals surface area contributed by atoms with Gasteiger partial charge in [0.2, 0.25) is 5.06 Å². The van der Waals surface area contributed by atoms with Crippen molar-refractivity contribution in [2.75, 3.05) is 0 Å². The Kier molecular flexibility index (Phi) is 3.63. The predicted molar refractivity (Wildman–Crippen MR) is 71.1 cm³/mol. The van der Waals surface area contributed by atoms with E-state index in [0.717, 1.165) is 15.1 Å². The van der Waals surface area contributed by atoms with Crippen molar-refractivity contribution in [2.45, 2.75) is 0 Å². The largest absolute Gasteiger partial charge is 0.444 e. The molecule has 0 saturated heterocycles. The summed E-state index contributed by atoms with van der Waals surface area (Å²) in [7, 11) is 0. The summed E-state index contributed by atoms with van der Waals surface area (Å²) >= 11 is 9.00. The van der Waals surface area contributed by atoms with E-state index in [0.29, 0.717) is 10.8 Å². The van der Waals surface area contributed by atoms with Crippen LogP contribution in [0.15, 0.2) is 24.3 Å². The molecule has 80 valence electrons. The highest BCUT2D eigenvalue weighted by Gasteiger charge is 2.13. The van der Waals surface area contributed by atoms with Crippen LogP contribution in [0.3, 0.4) is 0 Å². The Morgan fingerprint density at radius 2 is 2.31 bits per heavy atom. The normalized spacial score (nSPS) is 9.81. The van der Waals surface area contributed by atoms with Gasteiger partial charge in [-0.25, -0.2) is 0 Å². The van der Waals surface area contributed by atoms with Crippen LogP contribution in [-0.4, -0.2) is 4.37 Å². The molecule has 0 N–H and O–H groups in total. The van der Waals surface area contributed by atoms with Gasteiger partial charge in [0, 0.05) is 15.1 Å². The van der Waals surface area contributed by atoms with E-state index < -0.39 is 0 Å². The maximum Gasteiger partial charge on any atom is 0.219 e. The fourth-order valence-corrected chi connectivity index (χ4v) is 2.48. The molecule has 1 aromatic carbocycles. The zero-order valence-corrected chi connectivity index (χ0v) is 11.5. The number of benzene rings is 1. The molecule has 0 amide bonds. The van der Waals surface area contributed by atoms with E-state index in [1.165, 1.54) is 0 Å². The van der Waals surface area contributed by atoms with Crippen molar-refractivity contribution in [2.24, 2.45) is 0 Å². The number of aromatic nitrogens is 1. The van der Waals surface area contributed by atoms with E-state index >= 15 is 0 Å². The SMILES string of the molecule is N#Cc1c(Cl)nsc1Oc1cccc(I)c1. The fraction of sp³-hybridized carbons (Fsp3) is 0. The van der Waals surface area contributed by atoms with Crippen LogP contribution in [0.2, 0.25) is 5.15 Å². The zero-order valence-electron chi connectivity index (χ0n) is 7.78. The molecule has 0 aliphatic rings. The molecule has 0 aliphatic heterocycles. The second-order valence-corrected chi connectivity index (χ2v) is 5.15. The van der Waals surface area contributed by atoms with Gasteiger partial charge in [0.05, 0.1) is 0 Å². The van der Waals surface area contributed by atoms with Gasteiger partial charge >= 0.3 is 0 Å². The van der Waals surface area contributed by atoms with Gasteiger partial charge in [-0.15, -0.1) is 0 Å². The van der Waals surface area contributed by atoms with Crippen LogP contribution in [0, 0.1) is 14.9 Å². The summed E-state index contributed by atoms with van der Waals surface area (Å²) in [6.45, 7) is 0. The predicted octanol–water partition coefficient (Wildman–Crippen LogP) is 4.07. The summed E-state index contributed by atoms with van der Waals surface area (Å²) in [6.07, 6.45) is 0. The van der Waals surface area contributed by atoms with Gasteiger partial charge in [0.1, 0.15) is 17.4 Å². The van der Waals surface area contributed by atoms with Crippen molar-refractivity contribution in [3.63, 3.8) is 0 Å². The summed E-state index contributed by atoms with van der Waals surface area (Å²) in [6, 6.07) is 9.49. The molecule has 0 atom stereocenters. The van der Waals surface area contributed by atoms with Gasteiger partial charge in [-0.3, -0.25) is 0 Å². The molecule has 0 spiro atoms. The molecule has 1 aromatic heterocycles. The van der Waals surface area contributed by atoms with E-state index in [2.05, 4.69) is 27.0 Å². The van der Waals surface area contributed by atoms with Crippen molar-refractivity contribution in [1.82, 2.24) is 4.37 Å². The first kappa shape index (κ1) is 11.6. The van der Waals surface area contributed by atoms with Crippen LogP contribution in [0.1, 0.15) is 5.56 Å². The average molecular weight is 363 g/mol. The summed E-state index contributed by atoms with van der Waals surface area (Å²) in [5.74, 6) is 0.670. The minimum atomic E-state index is 0.188. The minimum Gasteiger partial charge on any atom is -0.444 e. The Labute approximate surface area is 115 Å². The molecule has 0 saturated carbocycles. The highest BCUT2D eigenvalue weighted by atomic mass is 127. The molecule has 0 bridgehead atoms. The lowest BCUT2D eigenvalue weighted by Gasteiger charge is -2.02. The van der Waals surface area contributed by atoms with Crippen LogP contribution in [-0.2, 0) is 0 Å².